The van der Waals surface area contributed by atoms with E-state index in [1.54, 1.807) is 7.11 Å². The fourth-order valence-corrected chi connectivity index (χ4v) is 2.15. The summed E-state index contributed by atoms with van der Waals surface area (Å²) in [4.78, 5) is 18.8. The van der Waals surface area contributed by atoms with E-state index in [4.69, 9.17) is 4.74 Å². The zero-order valence-corrected chi connectivity index (χ0v) is 10.8. The van der Waals surface area contributed by atoms with Crippen LogP contribution in [0.25, 0.3) is 11.0 Å². The maximum Gasteiger partial charge on any atom is 0.240 e. The van der Waals surface area contributed by atoms with Crippen molar-refractivity contribution in [3.8, 4) is 5.75 Å². The van der Waals surface area contributed by atoms with Crippen molar-refractivity contribution in [2.24, 2.45) is 5.10 Å². The Morgan fingerprint density at radius 3 is 2.84 bits per heavy atom. The van der Waals surface area contributed by atoms with E-state index in [0.29, 0.717) is 18.7 Å². The minimum atomic E-state index is -0.0580. The molecule has 0 bridgehead atoms. The van der Waals surface area contributed by atoms with Gasteiger partial charge in [-0.2, -0.15) is 5.10 Å². The van der Waals surface area contributed by atoms with Crippen molar-refractivity contribution in [1.82, 2.24) is 15.4 Å². The van der Waals surface area contributed by atoms with Gasteiger partial charge in [-0.1, -0.05) is 0 Å². The average molecular weight is 258 g/mol. The van der Waals surface area contributed by atoms with Crippen LogP contribution in [0.5, 0.6) is 5.75 Å². The lowest BCUT2D eigenvalue weighted by atomic mass is 10.2. The van der Waals surface area contributed by atoms with Gasteiger partial charge in [0.15, 0.2) is 5.82 Å². The molecule has 1 aromatic carbocycles. The highest BCUT2D eigenvalue weighted by atomic mass is 16.5. The summed E-state index contributed by atoms with van der Waals surface area (Å²) in [5.41, 5.74) is 6.06. The van der Waals surface area contributed by atoms with E-state index in [1.807, 2.05) is 19.1 Å². The number of carbonyl (C=O) groups is 1. The summed E-state index contributed by atoms with van der Waals surface area (Å²) in [6.45, 7) is 1.98. The second-order valence-corrected chi connectivity index (χ2v) is 4.52. The first kappa shape index (κ1) is 11.7. The number of imidazole rings is 1. The highest BCUT2D eigenvalue weighted by Crippen LogP contribution is 2.24. The fourth-order valence-electron chi connectivity index (χ4n) is 2.15. The molecule has 6 heteroatoms. The van der Waals surface area contributed by atoms with Gasteiger partial charge in [0.1, 0.15) is 11.5 Å². The Kier molecular flexibility index (Phi) is 2.70. The number of benzene rings is 1. The number of hydrazone groups is 1. The molecule has 1 aromatic heterocycles. The maximum atomic E-state index is 11.1. The fraction of sp³-hybridized carbons (Fsp3) is 0.308. The first-order valence-corrected chi connectivity index (χ1v) is 6.07. The highest BCUT2D eigenvalue weighted by Gasteiger charge is 2.16. The van der Waals surface area contributed by atoms with E-state index < -0.39 is 0 Å². The number of ether oxygens (including phenoxy) is 1. The molecule has 1 aliphatic rings. The number of fused-ring (bicyclic) bond motifs is 1. The normalized spacial score (nSPS) is 15.3. The summed E-state index contributed by atoms with van der Waals surface area (Å²) in [7, 11) is 1.64. The van der Waals surface area contributed by atoms with E-state index in [2.05, 4.69) is 20.5 Å². The molecule has 0 fully saturated rings. The summed E-state index contributed by atoms with van der Waals surface area (Å²) < 4.78 is 5.28. The van der Waals surface area contributed by atoms with Crippen LogP contribution in [0.1, 0.15) is 24.2 Å². The molecule has 3 rings (SSSR count). The second-order valence-electron chi connectivity index (χ2n) is 4.52. The summed E-state index contributed by atoms with van der Waals surface area (Å²) in [5, 5.41) is 4.03. The summed E-state index contributed by atoms with van der Waals surface area (Å²) in [6.07, 6.45) is 1.04. The van der Waals surface area contributed by atoms with Crippen LogP contribution in [0.4, 0.5) is 0 Å². The number of hydrogen-bond donors (Lipinski definition) is 2. The van der Waals surface area contributed by atoms with Gasteiger partial charge in [-0.25, -0.2) is 10.4 Å². The molecule has 0 saturated heterocycles. The van der Waals surface area contributed by atoms with Crippen LogP contribution in [-0.4, -0.2) is 28.7 Å². The van der Waals surface area contributed by atoms with Gasteiger partial charge in [0.2, 0.25) is 5.91 Å². The number of H-pyrrole nitrogens is 1. The van der Waals surface area contributed by atoms with Crippen LogP contribution in [0.2, 0.25) is 0 Å². The van der Waals surface area contributed by atoms with E-state index in [0.717, 1.165) is 28.1 Å². The van der Waals surface area contributed by atoms with Crippen molar-refractivity contribution in [1.29, 1.82) is 0 Å². The summed E-state index contributed by atoms with van der Waals surface area (Å²) in [6, 6.07) is 3.89. The predicted octanol–water partition coefficient (Wildman–Crippen LogP) is 1.49. The Morgan fingerprint density at radius 2 is 2.16 bits per heavy atom. The first-order chi connectivity index (χ1) is 9.17. The van der Waals surface area contributed by atoms with Crippen LogP contribution in [0.15, 0.2) is 17.2 Å². The average Bonchev–Trinajstić information content (AvgIpc) is 2.81. The van der Waals surface area contributed by atoms with Crippen molar-refractivity contribution in [2.45, 2.75) is 19.8 Å². The molecule has 0 atom stereocenters. The molecular weight excluding hydrogens is 244 g/mol. The molecule has 19 heavy (non-hydrogen) atoms. The molecule has 0 unspecified atom stereocenters. The van der Waals surface area contributed by atoms with Crippen molar-refractivity contribution in [2.75, 3.05) is 7.11 Å². The van der Waals surface area contributed by atoms with Gasteiger partial charge in [0.05, 0.1) is 18.1 Å². The Hall–Kier alpha value is -2.37. The monoisotopic (exact) mass is 258 g/mol. The Labute approximate surface area is 109 Å². The van der Waals surface area contributed by atoms with Crippen molar-refractivity contribution in [3.63, 3.8) is 0 Å². The summed E-state index contributed by atoms with van der Waals surface area (Å²) in [5.74, 6) is 1.45. The molecule has 0 aliphatic carbocycles. The number of amides is 1. The number of carbonyl (C=O) groups excluding carboxylic acids is 1. The number of aryl methyl sites for hydroxylation is 1. The number of methoxy groups -OCH3 is 1. The van der Waals surface area contributed by atoms with Gasteiger partial charge in [0, 0.05) is 18.9 Å². The first-order valence-electron chi connectivity index (χ1n) is 6.07. The smallest absolute Gasteiger partial charge is 0.240 e. The second kappa shape index (κ2) is 4.38. The lowest BCUT2D eigenvalue weighted by Gasteiger charge is -2.08. The molecule has 2 N–H and O–H groups in total. The van der Waals surface area contributed by atoms with Gasteiger partial charge in [-0.15, -0.1) is 0 Å². The van der Waals surface area contributed by atoms with Crippen molar-refractivity contribution >= 4 is 22.7 Å². The number of aromatic amines is 1. The molecule has 2 aromatic rings. The Morgan fingerprint density at radius 1 is 1.32 bits per heavy atom. The predicted molar refractivity (Wildman–Crippen MR) is 71.3 cm³/mol. The third-order valence-electron chi connectivity index (χ3n) is 3.18. The van der Waals surface area contributed by atoms with Gasteiger partial charge < -0.3 is 9.72 Å². The van der Waals surface area contributed by atoms with Crippen molar-refractivity contribution in [3.05, 3.63) is 23.5 Å². The minimum absolute atomic E-state index is 0.0580. The maximum absolute atomic E-state index is 11.1. The van der Waals surface area contributed by atoms with Gasteiger partial charge in [-0.3, -0.25) is 4.79 Å². The molecule has 6 nitrogen and oxygen atoms in total. The number of aromatic nitrogens is 2. The lowest BCUT2D eigenvalue weighted by Crippen LogP contribution is -2.26. The zero-order valence-electron chi connectivity index (χ0n) is 10.8. The van der Waals surface area contributed by atoms with Crippen LogP contribution < -0.4 is 10.2 Å². The van der Waals surface area contributed by atoms with E-state index >= 15 is 0 Å². The van der Waals surface area contributed by atoms with E-state index in [-0.39, 0.29) is 5.91 Å². The van der Waals surface area contributed by atoms with Gasteiger partial charge in [0.25, 0.3) is 0 Å². The van der Waals surface area contributed by atoms with Crippen molar-refractivity contribution < 1.29 is 9.53 Å². The third-order valence-corrected chi connectivity index (χ3v) is 3.18. The molecular formula is C13H14N4O2. The lowest BCUT2D eigenvalue weighted by molar-refractivity contribution is -0.121. The topological polar surface area (TPSA) is 79.4 Å². The van der Waals surface area contributed by atoms with Crippen LogP contribution in [0.3, 0.4) is 0 Å². The van der Waals surface area contributed by atoms with Crippen LogP contribution in [0, 0.1) is 6.92 Å². The standard InChI is InChI=1S/C13H14N4O2/c1-7-5-9-10(6-11(7)19-2)15-13(14-9)8-3-4-12(18)17-16-8/h5-6H,3-4H2,1-2H3,(H,14,15)(H,17,18). The Balaban J connectivity index is 2.04. The molecule has 2 heterocycles. The SMILES string of the molecule is COc1cc2nc(C3=NNC(=O)CC3)[nH]c2cc1C. The highest BCUT2D eigenvalue weighted by molar-refractivity contribution is 6.03. The molecule has 0 radical (unpaired) electrons. The quantitative estimate of drug-likeness (QED) is 0.856. The van der Waals surface area contributed by atoms with Crippen LogP contribution >= 0.6 is 0 Å². The number of rotatable bonds is 2. The van der Waals surface area contributed by atoms with Gasteiger partial charge >= 0.3 is 0 Å². The number of nitrogens with zero attached hydrogens (tertiary/aromatic N) is 2. The van der Waals surface area contributed by atoms with Crippen LogP contribution in [-0.2, 0) is 4.79 Å². The molecule has 0 spiro atoms. The Bertz CT molecular complexity index is 687. The number of hydrogen-bond acceptors (Lipinski definition) is 4. The van der Waals surface area contributed by atoms with E-state index in [9.17, 15) is 4.79 Å². The molecule has 1 aliphatic heterocycles. The molecule has 98 valence electrons. The zero-order chi connectivity index (χ0) is 13.4. The largest absolute Gasteiger partial charge is 0.496 e. The van der Waals surface area contributed by atoms with E-state index in [1.165, 1.54) is 0 Å². The number of nitrogens with one attached hydrogen (secondary N) is 2. The minimum Gasteiger partial charge on any atom is -0.496 e. The molecule has 1 amide bonds. The summed E-state index contributed by atoms with van der Waals surface area (Å²) >= 11 is 0. The van der Waals surface area contributed by atoms with Gasteiger partial charge in [-0.05, 0) is 18.6 Å². The molecule has 0 saturated carbocycles. The third kappa shape index (κ3) is 2.05.